The minimum Gasteiger partial charge on any atom is -0.305 e. The molecule has 0 radical (unpaired) electrons. The summed E-state index contributed by atoms with van der Waals surface area (Å²) in [5, 5.41) is 3.24. The number of hydrogen-bond acceptors (Lipinski definition) is 2. The summed E-state index contributed by atoms with van der Waals surface area (Å²) < 4.78 is 0. The lowest BCUT2D eigenvalue weighted by Crippen LogP contribution is -2.41. The lowest BCUT2D eigenvalue weighted by atomic mass is 9.78. The number of hydrogen-bond donors (Lipinski definition) is 1. The Hall–Kier alpha value is -0.520. The van der Waals surface area contributed by atoms with Crippen molar-refractivity contribution < 1.29 is 0 Å². The Kier molecular flexibility index (Phi) is 5.14. The minimum atomic E-state index is 0.600. The molecule has 0 saturated carbocycles. The Morgan fingerprint density at radius 3 is 2.60 bits per heavy atom. The topological polar surface area (TPSA) is 15.3 Å². The second-order valence-electron chi connectivity index (χ2n) is 4.89. The number of piperidine rings is 1. The Labute approximate surface area is 94.4 Å². The van der Waals surface area contributed by atoms with Crippen molar-refractivity contribution in [3.05, 3.63) is 0 Å². The highest BCUT2D eigenvalue weighted by Crippen LogP contribution is 2.33. The highest BCUT2D eigenvalue weighted by molar-refractivity contribution is 4.87. The van der Waals surface area contributed by atoms with E-state index < -0.39 is 0 Å². The van der Waals surface area contributed by atoms with Crippen molar-refractivity contribution in [2.24, 2.45) is 5.41 Å². The average Bonchev–Trinajstić information content (AvgIpc) is 2.27. The van der Waals surface area contributed by atoms with Crippen LogP contribution in [-0.4, -0.2) is 37.6 Å². The predicted octanol–water partition coefficient (Wildman–Crippen LogP) is 1.72. The van der Waals surface area contributed by atoms with E-state index in [-0.39, 0.29) is 0 Å². The summed E-state index contributed by atoms with van der Waals surface area (Å²) in [5.41, 5.74) is 0.600. The van der Waals surface area contributed by atoms with E-state index >= 15 is 0 Å². The number of likely N-dealkylation sites (tertiary alicyclic amines) is 1. The van der Waals surface area contributed by atoms with Crippen LogP contribution >= 0.6 is 0 Å². The molecule has 0 unspecified atom stereocenters. The van der Waals surface area contributed by atoms with E-state index in [9.17, 15) is 0 Å². The van der Waals surface area contributed by atoms with E-state index in [1.165, 1.54) is 32.4 Å². The van der Waals surface area contributed by atoms with Gasteiger partial charge in [-0.15, -0.1) is 6.42 Å². The maximum absolute atomic E-state index is 5.18. The zero-order valence-corrected chi connectivity index (χ0v) is 10.2. The van der Waals surface area contributed by atoms with Crippen molar-refractivity contribution in [3.63, 3.8) is 0 Å². The van der Waals surface area contributed by atoms with Gasteiger partial charge >= 0.3 is 0 Å². The summed E-state index contributed by atoms with van der Waals surface area (Å²) in [5.74, 6) is 2.60. The first kappa shape index (κ1) is 12.5. The van der Waals surface area contributed by atoms with E-state index in [1.807, 2.05) is 0 Å². The molecule has 2 heteroatoms. The first-order valence-corrected chi connectivity index (χ1v) is 6.07. The van der Waals surface area contributed by atoms with Crippen LogP contribution < -0.4 is 5.32 Å². The third kappa shape index (κ3) is 4.24. The second kappa shape index (κ2) is 6.15. The molecule has 0 aromatic heterocycles. The molecule has 15 heavy (non-hydrogen) atoms. The number of terminal acetylenes is 1. The monoisotopic (exact) mass is 208 g/mol. The normalized spacial score (nSPS) is 21.1. The molecule has 86 valence electrons. The summed E-state index contributed by atoms with van der Waals surface area (Å²) in [6.07, 6.45) is 9.18. The molecule has 1 heterocycles. The Morgan fingerprint density at radius 1 is 1.40 bits per heavy atom. The minimum absolute atomic E-state index is 0.600. The predicted molar refractivity (Wildman–Crippen MR) is 65.8 cm³/mol. The molecule has 0 atom stereocenters. The van der Waals surface area contributed by atoms with E-state index in [4.69, 9.17) is 6.42 Å². The van der Waals surface area contributed by atoms with Gasteiger partial charge in [0.2, 0.25) is 0 Å². The molecule has 2 nitrogen and oxygen atoms in total. The van der Waals surface area contributed by atoms with E-state index in [0.717, 1.165) is 13.1 Å². The SMILES string of the molecule is C#CCNCCN1CCC(C)(CC)CC1. The standard InChI is InChI=1S/C13H24N2/c1-4-8-14-9-12-15-10-6-13(3,5-2)7-11-15/h1,14H,5-12H2,2-3H3. The summed E-state index contributed by atoms with van der Waals surface area (Å²) in [7, 11) is 0. The van der Waals surface area contributed by atoms with Crippen LogP contribution in [0.4, 0.5) is 0 Å². The number of nitrogens with one attached hydrogen (secondary N) is 1. The van der Waals surface area contributed by atoms with Crippen LogP contribution in [-0.2, 0) is 0 Å². The zero-order chi connectivity index (χ0) is 11.1. The lowest BCUT2D eigenvalue weighted by Gasteiger charge is -2.38. The van der Waals surface area contributed by atoms with Gasteiger partial charge in [-0.2, -0.15) is 0 Å². The van der Waals surface area contributed by atoms with E-state index in [1.54, 1.807) is 0 Å². The molecule has 1 saturated heterocycles. The van der Waals surface area contributed by atoms with Gasteiger partial charge in [0, 0.05) is 13.1 Å². The van der Waals surface area contributed by atoms with Gasteiger partial charge in [-0.3, -0.25) is 0 Å². The molecule has 0 bridgehead atoms. The molecule has 0 amide bonds. The maximum Gasteiger partial charge on any atom is 0.0574 e. The van der Waals surface area contributed by atoms with Crippen LogP contribution in [0.1, 0.15) is 33.1 Å². The van der Waals surface area contributed by atoms with Crippen LogP contribution in [0.3, 0.4) is 0 Å². The third-order valence-corrected chi connectivity index (χ3v) is 3.75. The van der Waals surface area contributed by atoms with Gasteiger partial charge in [-0.1, -0.05) is 26.2 Å². The molecule has 1 aliphatic rings. The number of rotatable bonds is 5. The average molecular weight is 208 g/mol. The Balaban J connectivity index is 2.13. The first-order valence-electron chi connectivity index (χ1n) is 6.07. The number of nitrogens with zero attached hydrogens (tertiary/aromatic N) is 1. The molecule has 0 aliphatic carbocycles. The molecule has 0 aromatic carbocycles. The third-order valence-electron chi connectivity index (χ3n) is 3.75. The Morgan fingerprint density at radius 2 is 2.07 bits per heavy atom. The van der Waals surface area contributed by atoms with Crippen molar-refractivity contribution in [2.45, 2.75) is 33.1 Å². The molecule has 1 rings (SSSR count). The molecule has 0 spiro atoms. The fourth-order valence-corrected chi connectivity index (χ4v) is 2.07. The largest absolute Gasteiger partial charge is 0.305 e. The fraction of sp³-hybridized carbons (Fsp3) is 0.846. The second-order valence-corrected chi connectivity index (χ2v) is 4.89. The molecule has 0 aromatic rings. The summed E-state index contributed by atoms with van der Waals surface area (Å²) in [4.78, 5) is 2.54. The van der Waals surface area contributed by atoms with Crippen LogP contribution in [0.15, 0.2) is 0 Å². The lowest BCUT2D eigenvalue weighted by molar-refractivity contribution is 0.116. The van der Waals surface area contributed by atoms with Crippen LogP contribution in [0.2, 0.25) is 0 Å². The summed E-state index contributed by atoms with van der Waals surface area (Å²) in [6, 6.07) is 0. The van der Waals surface area contributed by atoms with Crippen molar-refractivity contribution in [1.82, 2.24) is 10.2 Å². The van der Waals surface area contributed by atoms with Gasteiger partial charge in [0.15, 0.2) is 0 Å². The van der Waals surface area contributed by atoms with Crippen molar-refractivity contribution >= 4 is 0 Å². The van der Waals surface area contributed by atoms with E-state index in [2.05, 4.69) is 30.0 Å². The van der Waals surface area contributed by atoms with Crippen LogP contribution in [0.25, 0.3) is 0 Å². The molecular formula is C13H24N2. The van der Waals surface area contributed by atoms with Crippen molar-refractivity contribution in [3.8, 4) is 12.3 Å². The smallest absolute Gasteiger partial charge is 0.0574 e. The van der Waals surface area contributed by atoms with Crippen LogP contribution in [0, 0.1) is 17.8 Å². The summed E-state index contributed by atoms with van der Waals surface area (Å²) in [6.45, 7) is 10.1. The van der Waals surface area contributed by atoms with Crippen molar-refractivity contribution in [1.29, 1.82) is 0 Å². The first-order chi connectivity index (χ1) is 7.20. The van der Waals surface area contributed by atoms with Gasteiger partial charge in [-0.25, -0.2) is 0 Å². The van der Waals surface area contributed by atoms with Gasteiger partial charge in [-0.05, 0) is 31.3 Å². The molecule has 1 aliphatic heterocycles. The molecule has 1 fully saturated rings. The maximum atomic E-state index is 5.18. The zero-order valence-electron chi connectivity index (χ0n) is 10.2. The van der Waals surface area contributed by atoms with Gasteiger partial charge in [0.05, 0.1) is 6.54 Å². The van der Waals surface area contributed by atoms with Gasteiger partial charge in [0.1, 0.15) is 0 Å². The van der Waals surface area contributed by atoms with E-state index in [0.29, 0.717) is 12.0 Å². The summed E-state index contributed by atoms with van der Waals surface area (Å²) >= 11 is 0. The molecule has 1 N–H and O–H groups in total. The van der Waals surface area contributed by atoms with Crippen LogP contribution in [0.5, 0.6) is 0 Å². The Bertz CT molecular complexity index is 209. The van der Waals surface area contributed by atoms with Crippen molar-refractivity contribution in [2.75, 3.05) is 32.7 Å². The quantitative estimate of drug-likeness (QED) is 0.547. The highest BCUT2D eigenvalue weighted by Gasteiger charge is 2.27. The van der Waals surface area contributed by atoms with Gasteiger partial charge in [0.25, 0.3) is 0 Å². The van der Waals surface area contributed by atoms with Gasteiger partial charge < -0.3 is 10.2 Å². The fourth-order valence-electron chi connectivity index (χ4n) is 2.07. The highest BCUT2D eigenvalue weighted by atomic mass is 15.1. The molecular weight excluding hydrogens is 184 g/mol.